The van der Waals surface area contributed by atoms with Crippen molar-refractivity contribution in [1.82, 2.24) is 14.7 Å². The van der Waals surface area contributed by atoms with E-state index in [2.05, 4.69) is 5.10 Å². The Bertz CT molecular complexity index is 1330. The van der Waals surface area contributed by atoms with E-state index in [1.165, 1.54) is 54.2 Å². The van der Waals surface area contributed by atoms with Crippen LogP contribution in [0.25, 0.3) is 11.8 Å². The van der Waals surface area contributed by atoms with E-state index in [4.69, 9.17) is 0 Å². The number of halogens is 3. The van der Waals surface area contributed by atoms with Crippen LogP contribution >= 0.6 is 0 Å². The highest BCUT2D eigenvalue weighted by Crippen LogP contribution is 2.29. The number of amides is 1. The number of carboxylic acid groups (broad SMARTS) is 1. The normalized spacial score (nSPS) is 13.2. The van der Waals surface area contributed by atoms with Crippen LogP contribution in [0, 0.1) is 17.5 Å². The predicted molar refractivity (Wildman–Crippen MR) is 135 cm³/mol. The molecule has 0 unspecified atom stereocenters. The molecule has 11 heteroatoms. The predicted octanol–water partition coefficient (Wildman–Crippen LogP) is 2.95. The Hall–Kier alpha value is -3.96. The molecule has 0 saturated carbocycles. The minimum Gasteiger partial charge on any atom is -0.550 e. The number of aliphatic carboxylic acids is 1. The third-order valence-electron chi connectivity index (χ3n) is 6.01. The number of carbonyl (C=O) groups excluding carboxylic acids is 2. The number of aliphatic hydroxyl groups is 2. The SMILES string of the molecule is CC(C)c1c(C(=O)N(C)Cc2c(F)cccc2F)nn(-c2ccc(F)cc2)c1/C=C/[C@@H](O)C[C@@H](O)CC(=O)[O-]. The van der Waals surface area contributed by atoms with Crippen molar-refractivity contribution in [3.63, 3.8) is 0 Å². The average molecular weight is 545 g/mol. The lowest BCUT2D eigenvalue weighted by molar-refractivity contribution is -0.307. The molecular weight excluding hydrogens is 515 g/mol. The van der Waals surface area contributed by atoms with Gasteiger partial charge in [0.25, 0.3) is 5.91 Å². The third kappa shape index (κ3) is 7.33. The number of nitrogens with zero attached hydrogens (tertiary/aromatic N) is 3. The Morgan fingerprint density at radius 2 is 1.69 bits per heavy atom. The van der Waals surface area contributed by atoms with Crippen molar-refractivity contribution in [3.8, 4) is 5.69 Å². The van der Waals surface area contributed by atoms with E-state index in [9.17, 15) is 38.1 Å². The Morgan fingerprint density at radius 3 is 2.26 bits per heavy atom. The molecule has 8 nitrogen and oxygen atoms in total. The molecule has 0 aliphatic carbocycles. The van der Waals surface area contributed by atoms with Crippen LogP contribution in [0.1, 0.15) is 59.9 Å². The van der Waals surface area contributed by atoms with Gasteiger partial charge in [0.05, 0.1) is 30.1 Å². The zero-order valence-corrected chi connectivity index (χ0v) is 21.6. The van der Waals surface area contributed by atoms with Crippen LogP contribution < -0.4 is 5.11 Å². The molecule has 1 aromatic heterocycles. The smallest absolute Gasteiger partial charge is 0.274 e. The number of carbonyl (C=O) groups is 2. The molecule has 1 heterocycles. The molecule has 0 bridgehead atoms. The van der Waals surface area contributed by atoms with E-state index in [0.29, 0.717) is 16.9 Å². The quantitative estimate of drug-likeness (QED) is 0.383. The zero-order chi connectivity index (χ0) is 28.9. The summed E-state index contributed by atoms with van der Waals surface area (Å²) in [5.74, 6) is -4.47. The molecule has 2 atom stereocenters. The monoisotopic (exact) mass is 544 g/mol. The molecule has 2 aromatic carbocycles. The molecule has 0 aliphatic heterocycles. The standard InChI is InChI=1S/C28H30F3N3O5/c1-16(2)26-24(12-11-19(35)13-20(36)14-25(37)38)34(18-9-7-17(29)8-10-18)32-27(26)28(39)33(3)15-21-22(30)5-4-6-23(21)31/h4-12,16,19-20,35-36H,13-15H2,1-3H3,(H,37,38)/p-1/b12-11+/t19-,20-/m1/s1. The maximum atomic E-state index is 14.2. The van der Waals surface area contributed by atoms with Crippen LogP contribution in [-0.2, 0) is 11.3 Å². The van der Waals surface area contributed by atoms with Gasteiger partial charge in [-0.2, -0.15) is 5.10 Å². The first-order valence-corrected chi connectivity index (χ1v) is 12.2. The van der Waals surface area contributed by atoms with Crippen molar-refractivity contribution < 1.29 is 38.1 Å². The maximum Gasteiger partial charge on any atom is 0.274 e. The summed E-state index contributed by atoms with van der Waals surface area (Å²) < 4.78 is 43.4. The fourth-order valence-corrected chi connectivity index (χ4v) is 4.12. The molecule has 208 valence electrons. The van der Waals surface area contributed by atoms with E-state index in [-0.39, 0.29) is 30.1 Å². The largest absolute Gasteiger partial charge is 0.550 e. The van der Waals surface area contributed by atoms with Gasteiger partial charge in [-0.05, 0) is 48.4 Å². The van der Waals surface area contributed by atoms with Crippen molar-refractivity contribution in [2.24, 2.45) is 0 Å². The Morgan fingerprint density at radius 1 is 1.08 bits per heavy atom. The summed E-state index contributed by atoms with van der Waals surface area (Å²) in [6, 6.07) is 8.71. The summed E-state index contributed by atoms with van der Waals surface area (Å²) in [5, 5.41) is 35.3. The number of aromatic nitrogens is 2. The first kappa shape index (κ1) is 29.6. The lowest BCUT2D eigenvalue weighted by Gasteiger charge is -2.18. The summed E-state index contributed by atoms with van der Waals surface area (Å²) in [4.78, 5) is 25.3. The second-order valence-corrected chi connectivity index (χ2v) is 9.44. The highest BCUT2D eigenvalue weighted by Gasteiger charge is 2.28. The zero-order valence-electron chi connectivity index (χ0n) is 21.6. The molecule has 1 amide bonds. The number of aliphatic hydroxyl groups excluding tert-OH is 2. The lowest BCUT2D eigenvalue weighted by Crippen LogP contribution is -2.29. The van der Waals surface area contributed by atoms with Crippen LogP contribution in [-0.4, -0.2) is 56.0 Å². The molecule has 0 spiro atoms. The highest BCUT2D eigenvalue weighted by atomic mass is 19.1. The van der Waals surface area contributed by atoms with Crippen LogP contribution in [0.4, 0.5) is 13.2 Å². The van der Waals surface area contributed by atoms with Crippen molar-refractivity contribution in [2.75, 3.05) is 7.05 Å². The minimum atomic E-state index is -1.46. The van der Waals surface area contributed by atoms with Gasteiger partial charge in [-0.25, -0.2) is 17.9 Å². The summed E-state index contributed by atoms with van der Waals surface area (Å²) in [6.45, 7) is 3.24. The van der Waals surface area contributed by atoms with Gasteiger partial charge >= 0.3 is 0 Å². The van der Waals surface area contributed by atoms with E-state index >= 15 is 0 Å². The van der Waals surface area contributed by atoms with Crippen molar-refractivity contribution >= 4 is 18.0 Å². The summed E-state index contributed by atoms with van der Waals surface area (Å²) in [6.07, 6.45) is -0.741. The Balaban J connectivity index is 2.05. The van der Waals surface area contributed by atoms with Gasteiger partial charge in [0, 0.05) is 37.0 Å². The molecule has 0 saturated heterocycles. The highest BCUT2D eigenvalue weighted by molar-refractivity contribution is 5.95. The van der Waals surface area contributed by atoms with Gasteiger partial charge in [-0.3, -0.25) is 4.79 Å². The molecule has 0 fully saturated rings. The number of hydrogen-bond donors (Lipinski definition) is 2. The molecule has 39 heavy (non-hydrogen) atoms. The lowest BCUT2D eigenvalue weighted by atomic mass is 9.98. The van der Waals surface area contributed by atoms with Crippen LogP contribution in [0.5, 0.6) is 0 Å². The van der Waals surface area contributed by atoms with Gasteiger partial charge in [-0.1, -0.05) is 26.0 Å². The maximum absolute atomic E-state index is 14.2. The van der Waals surface area contributed by atoms with Crippen molar-refractivity contribution in [3.05, 3.63) is 88.5 Å². The fraction of sp³-hybridized carbons (Fsp3) is 0.321. The first-order chi connectivity index (χ1) is 18.4. The van der Waals surface area contributed by atoms with Crippen LogP contribution in [0.2, 0.25) is 0 Å². The molecule has 0 radical (unpaired) electrons. The van der Waals surface area contributed by atoms with Gasteiger partial charge in [-0.15, -0.1) is 0 Å². The number of rotatable bonds is 11. The fourth-order valence-electron chi connectivity index (χ4n) is 4.12. The molecule has 3 aromatic rings. The van der Waals surface area contributed by atoms with E-state index < -0.39 is 48.0 Å². The van der Waals surface area contributed by atoms with Crippen molar-refractivity contribution in [2.45, 2.75) is 51.4 Å². The Kier molecular flexibility index (Phi) is 9.66. The minimum absolute atomic E-state index is 0.0142. The van der Waals surface area contributed by atoms with E-state index in [0.717, 1.165) is 17.0 Å². The average Bonchev–Trinajstić information content (AvgIpc) is 3.24. The third-order valence-corrected chi connectivity index (χ3v) is 6.01. The number of carboxylic acids is 1. The first-order valence-electron chi connectivity index (χ1n) is 12.2. The van der Waals surface area contributed by atoms with Crippen LogP contribution in [0.3, 0.4) is 0 Å². The summed E-state index contributed by atoms with van der Waals surface area (Å²) >= 11 is 0. The topological polar surface area (TPSA) is 119 Å². The van der Waals surface area contributed by atoms with Gasteiger partial charge in [0.1, 0.15) is 17.5 Å². The Labute approximate surface area is 223 Å². The van der Waals surface area contributed by atoms with E-state index in [1.54, 1.807) is 13.8 Å². The molecule has 3 rings (SSSR count). The summed E-state index contributed by atoms with van der Waals surface area (Å²) in [7, 11) is 1.38. The molecule has 2 N–H and O–H groups in total. The number of benzene rings is 2. The second kappa shape index (κ2) is 12.7. The molecule has 0 aliphatic rings. The van der Waals surface area contributed by atoms with E-state index in [1.807, 2.05) is 0 Å². The van der Waals surface area contributed by atoms with Gasteiger partial charge in [0.15, 0.2) is 5.69 Å². The van der Waals surface area contributed by atoms with Gasteiger partial charge < -0.3 is 25.0 Å². The second-order valence-electron chi connectivity index (χ2n) is 9.44. The molecular formula is C28H29F3N3O5-. The van der Waals surface area contributed by atoms with Crippen LogP contribution in [0.15, 0.2) is 48.5 Å². The van der Waals surface area contributed by atoms with Crippen molar-refractivity contribution in [1.29, 1.82) is 0 Å². The summed E-state index contributed by atoms with van der Waals surface area (Å²) in [5.41, 5.74) is 0.907. The van der Waals surface area contributed by atoms with Gasteiger partial charge in [0.2, 0.25) is 0 Å². The number of hydrogen-bond acceptors (Lipinski definition) is 6.